The monoisotopic (exact) mass is 385 g/mol. The van der Waals surface area contributed by atoms with Gasteiger partial charge in [0.1, 0.15) is 11.5 Å². The Morgan fingerprint density at radius 1 is 1.07 bits per heavy atom. The molecule has 2 aromatic heterocycles. The van der Waals surface area contributed by atoms with Crippen molar-refractivity contribution < 1.29 is 9.21 Å². The lowest BCUT2D eigenvalue weighted by Crippen LogP contribution is -2.20. The minimum absolute atomic E-state index is 0.240. The van der Waals surface area contributed by atoms with E-state index in [1.807, 2.05) is 62.4 Å². The number of carbonyl (C=O) groups excluding carboxylic acids is 1. The maximum Gasteiger partial charge on any atom is 0.274 e. The number of benzene rings is 2. The van der Waals surface area contributed by atoms with Crippen LogP contribution in [0.1, 0.15) is 16.9 Å². The van der Waals surface area contributed by atoms with Crippen LogP contribution in [0, 0.1) is 13.8 Å². The van der Waals surface area contributed by atoms with Crippen molar-refractivity contribution in [3.8, 4) is 11.4 Å². The fraction of sp³-hybridized carbons (Fsp3) is 0.0909. The van der Waals surface area contributed by atoms with Crippen LogP contribution < -0.4 is 5.32 Å². The third-order valence-corrected chi connectivity index (χ3v) is 4.43. The Kier molecular flexibility index (Phi) is 5.03. The van der Waals surface area contributed by atoms with Gasteiger partial charge < -0.3 is 9.73 Å². The number of amides is 1. The molecule has 0 atom stereocenters. The molecule has 0 fully saturated rings. The summed E-state index contributed by atoms with van der Waals surface area (Å²) < 4.78 is 6.83. The molecule has 1 amide bonds. The van der Waals surface area contributed by atoms with E-state index in [0.717, 1.165) is 22.4 Å². The van der Waals surface area contributed by atoms with Crippen LogP contribution in [0.5, 0.6) is 0 Å². The van der Waals surface area contributed by atoms with Gasteiger partial charge in [-0.1, -0.05) is 42.5 Å². The summed E-state index contributed by atoms with van der Waals surface area (Å²) in [6.45, 7) is 3.92. The Morgan fingerprint density at radius 2 is 1.90 bits per heavy atom. The van der Waals surface area contributed by atoms with Gasteiger partial charge in [-0.25, -0.2) is 0 Å². The van der Waals surface area contributed by atoms with Crippen molar-refractivity contribution in [1.29, 1.82) is 0 Å². The van der Waals surface area contributed by atoms with Crippen LogP contribution in [0.15, 0.2) is 71.3 Å². The Bertz CT molecular complexity index is 1160. The highest BCUT2D eigenvalue weighted by atomic mass is 16.3. The van der Waals surface area contributed by atoms with Crippen LogP contribution in [-0.4, -0.2) is 26.1 Å². The van der Waals surface area contributed by atoms with Crippen molar-refractivity contribution in [2.45, 2.75) is 13.8 Å². The smallest absolute Gasteiger partial charge is 0.274 e. The molecule has 0 radical (unpaired) electrons. The summed E-state index contributed by atoms with van der Waals surface area (Å²) in [7, 11) is 0. The summed E-state index contributed by atoms with van der Waals surface area (Å²) in [5, 5.41) is 14.9. The number of anilines is 1. The molecule has 29 heavy (non-hydrogen) atoms. The second kappa shape index (κ2) is 7.93. The van der Waals surface area contributed by atoms with Gasteiger partial charge in [0.25, 0.3) is 5.91 Å². The van der Waals surface area contributed by atoms with E-state index in [2.05, 4.69) is 20.8 Å². The van der Waals surface area contributed by atoms with Crippen molar-refractivity contribution in [3.05, 3.63) is 83.8 Å². The largest absolute Gasteiger partial charge is 0.465 e. The molecule has 2 aromatic carbocycles. The van der Waals surface area contributed by atoms with Gasteiger partial charge in [0, 0.05) is 17.3 Å². The number of carbonyl (C=O) groups is 1. The maximum absolute atomic E-state index is 13.2. The molecule has 0 bridgehead atoms. The Labute approximate surface area is 167 Å². The lowest BCUT2D eigenvalue weighted by molar-refractivity contribution is -0.111. The molecular weight excluding hydrogens is 366 g/mol. The van der Waals surface area contributed by atoms with Gasteiger partial charge in [-0.3, -0.25) is 4.79 Å². The van der Waals surface area contributed by atoms with Gasteiger partial charge in [-0.2, -0.15) is 4.68 Å². The Hall–Kier alpha value is -4.00. The van der Waals surface area contributed by atoms with Gasteiger partial charge in [-0.15, -0.1) is 5.10 Å². The van der Waals surface area contributed by atoms with Crippen molar-refractivity contribution in [2.24, 2.45) is 0 Å². The summed E-state index contributed by atoms with van der Waals surface area (Å²) >= 11 is 0. The van der Waals surface area contributed by atoms with Crippen LogP contribution in [0.2, 0.25) is 0 Å². The van der Waals surface area contributed by atoms with Crippen molar-refractivity contribution in [2.75, 3.05) is 5.32 Å². The number of nitrogens with zero attached hydrogens (tertiary/aromatic N) is 4. The minimum Gasteiger partial charge on any atom is -0.465 e. The normalized spacial score (nSPS) is 11.4. The van der Waals surface area contributed by atoms with Gasteiger partial charge >= 0.3 is 0 Å². The number of hydrogen-bond acceptors (Lipinski definition) is 5. The quantitative estimate of drug-likeness (QED) is 0.521. The zero-order valence-electron chi connectivity index (χ0n) is 16.0. The molecule has 0 aliphatic carbocycles. The fourth-order valence-electron chi connectivity index (χ4n) is 2.90. The number of aryl methyl sites for hydroxylation is 2. The number of furan rings is 1. The molecule has 4 aromatic rings. The summed E-state index contributed by atoms with van der Waals surface area (Å²) in [5.74, 6) is 0.629. The second-order valence-electron chi connectivity index (χ2n) is 6.60. The number of rotatable bonds is 5. The van der Waals surface area contributed by atoms with Gasteiger partial charge in [0.2, 0.25) is 0 Å². The Balaban J connectivity index is 1.77. The molecule has 144 valence electrons. The first kappa shape index (κ1) is 18.4. The van der Waals surface area contributed by atoms with E-state index < -0.39 is 0 Å². The molecule has 0 spiro atoms. The van der Waals surface area contributed by atoms with Crippen LogP contribution in [0.25, 0.3) is 23.2 Å². The number of nitrogens with one attached hydrogen (secondary N) is 1. The highest BCUT2D eigenvalue weighted by molar-refractivity contribution is 6.24. The predicted octanol–water partition coefficient (Wildman–Crippen LogP) is 4.19. The molecule has 7 nitrogen and oxygen atoms in total. The highest BCUT2D eigenvalue weighted by Gasteiger charge is 2.20. The van der Waals surface area contributed by atoms with E-state index in [-0.39, 0.29) is 11.6 Å². The van der Waals surface area contributed by atoms with E-state index in [0.29, 0.717) is 11.6 Å². The van der Waals surface area contributed by atoms with E-state index in [1.165, 1.54) is 4.68 Å². The average molecular weight is 385 g/mol. The first-order chi connectivity index (χ1) is 14.1. The standard InChI is InChI=1S/C22H19N5O2/c1-15-10-11-16(2)19(13-15)23-22(28)20(14-18-9-6-12-29-18)27-21(24-25-26-27)17-7-4-3-5-8-17/h3-14H,1-2H3,(H,23,28)/b20-14+. The van der Waals surface area contributed by atoms with Crippen molar-refractivity contribution in [3.63, 3.8) is 0 Å². The van der Waals surface area contributed by atoms with E-state index in [1.54, 1.807) is 24.5 Å². The van der Waals surface area contributed by atoms with Crippen molar-refractivity contribution in [1.82, 2.24) is 20.2 Å². The molecule has 0 unspecified atom stereocenters. The first-order valence-electron chi connectivity index (χ1n) is 9.10. The summed E-state index contributed by atoms with van der Waals surface area (Å²) in [6, 6.07) is 18.9. The molecule has 1 N–H and O–H groups in total. The topological polar surface area (TPSA) is 85.8 Å². The molecule has 0 saturated carbocycles. The van der Waals surface area contributed by atoms with Crippen LogP contribution in [-0.2, 0) is 4.79 Å². The minimum atomic E-state index is -0.348. The third kappa shape index (κ3) is 3.98. The summed E-state index contributed by atoms with van der Waals surface area (Å²) in [5.41, 5.74) is 3.78. The molecular formula is C22H19N5O2. The second-order valence-corrected chi connectivity index (χ2v) is 6.60. The SMILES string of the molecule is Cc1ccc(C)c(NC(=O)/C(=C\c2ccco2)n2nnnc2-c2ccccc2)c1. The van der Waals surface area contributed by atoms with E-state index in [9.17, 15) is 4.79 Å². The number of aromatic nitrogens is 4. The van der Waals surface area contributed by atoms with Crippen LogP contribution in [0.4, 0.5) is 5.69 Å². The zero-order chi connectivity index (χ0) is 20.2. The Morgan fingerprint density at radius 3 is 2.66 bits per heavy atom. The zero-order valence-corrected chi connectivity index (χ0v) is 16.0. The van der Waals surface area contributed by atoms with Gasteiger partial charge in [-0.05, 0) is 53.6 Å². The fourth-order valence-corrected chi connectivity index (χ4v) is 2.90. The lowest BCUT2D eigenvalue weighted by atomic mass is 10.1. The average Bonchev–Trinajstić information content (AvgIpc) is 3.41. The van der Waals surface area contributed by atoms with Crippen molar-refractivity contribution >= 4 is 23.4 Å². The molecule has 0 saturated heterocycles. The van der Waals surface area contributed by atoms with Gasteiger partial charge in [0.05, 0.1) is 6.26 Å². The van der Waals surface area contributed by atoms with Gasteiger partial charge in [0.15, 0.2) is 5.82 Å². The van der Waals surface area contributed by atoms with E-state index >= 15 is 0 Å². The molecule has 2 heterocycles. The first-order valence-corrected chi connectivity index (χ1v) is 9.10. The summed E-state index contributed by atoms with van der Waals surface area (Å²) in [6.07, 6.45) is 3.16. The maximum atomic E-state index is 13.2. The van der Waals surface area contributed by atoms with Crippen LogP contribution >= 0.6 is 0 Å². The molecule has 0 aliphatic rings. The van der Waals surface area contributed by atoms with E-state index in [4.69, 9.17) is 4.42 Å². The predicted molar refractivity (Wildman–Crippen MR) is 111 cm³/mol. The molecule has 4 rings (SSSR count). The number of tetrazole rings is 1. The third-order valence-electron chi connectivity index (χ3n) is 4.43. The van der Waals surface area contributed by atoms with Crippen LogP contribution in [0.3, 0.4) is 0 Å². The highest BCUT2D eigenvalue weighted by Crippen LogP contribution is 2.23. The molecule has 7 heteroatoms. The number of hydrogen-bond donors (Lipinski definition) is 1. The lowest BCUT2D eigenvalue weighted by Gasteiger charge is -2.12. The molecule has 0 aliphatic heterocycles. The summed E-state index contributed by atoms with van der Waals surface area (Å²) in [4.78, 5) is 13.2.